The molecule has 0 amide bonds. The van der Waals surface area contributed by atoms with Crippen LogP contribution in [-0.4, -0.2) is 4.57 Å². The number of benzene rings is 5. The maximum atomic E-state index is 11.2. The first kappa shape index (κ1) is 20.9. The number of hydrogen-bond donors (Lipinski definition) is 0. The van der Waals surface area contributed by atoms with E-state index in [0.717, 1.165) is 21.9 Å². The van der Waals surface area contributed by atoms with E-state index in [1.807, 2.05) is 60.7 Å². The molecule has 1 aromatic heterocycles. The molecule has 33 heavy (non-hydrogen) atoms. The van der Waals surface area contributed by atoms with Crippen molar-refractivity contribution in [1.82, 2.24) is 4.57 Å². The Morgan fingerprint density at radius 2 is 1.00 bits per heavy atom. The summed E-state index contributed by atoms with van der Waals surface area (Å²) in [7, 11) is 0.0595. The van der Waals surface area contributed by atoms with Crippen molar-refractivity contribution < 1.29 is 4.57 Å². The lowest BCUT2D eigenvalue weighted by Crippen LogP contribution is -1.94. The topological polar surface area (TPSA) is 22.0 Å². The van der Waals surface area contributed by atoms with Crippen LogP contribution in [0, 0.1) is 0 Å². The highest BCUT2D eigenvalue weighted by Crippen LogP contribution is 2.31. The van der Waals surface area contributed by atoms with Crippen molar-refractivity contribution in [2.24, 2.45) is 0 Å². The predicted octanol–water partition coefficient (Wildman–Crippen LogP) is 8.05. The Labute approximate surface area is 195 Å². The van der Waals surface area contributed by atoms with Gasteiger partial charge in [0.1, 0.15) is 0 Å². The first-order valence-corrected chi connectivity index (χ1v) is 11.7. The van der Waals surface area contributed by atoms with Crippen LogP contribution in [-0.2, 0) is 4.57 Å². The van der Waals surface area contributed by atoms with Gasteiger partial charge in [-0.3, -0.25) is 4.57 Å². The molecule has 0 radical (unpaired) electrons. The third-order valence-corrected chi connectivity index (χ3v) is 6.15. The second kappa shape index (κ2) is 9.65. The highest BCUT2D eigenvalue weighted by Gasteiger charge is 2.11. The quantitative estimate of drug-likeness (QED) is 0.254. The van der Waals surface area contributed by atoms with Gasteiger partial charge in [0.15, 0.2) is 8.46 Å². The highest BCUT2D eigenvalue weighted by atomic mass is 31.1. The molecule has 3 heteroatoms. The highest BCUT2D eigenvalue weighted by molar-refractivity contribution is 7.34. The van der Waals surface area contributed by atoms with Crippen molar-refractivity contribution >= 4 is 35.6 Å². The minimum absolute atomic E-state index is 0.0595. The van der Waals surface area contributed by atoms with Gasteiger partial charge in [-0.2, -0.15) is 0 Å². The van der Waals surface area contributed by atoms with Crippen LogP contribution in [0.5, 0.6) is 0 Å². The standard InChI is InChI=1S/C18H12NOP.C12H10/c20-21-14-10-11-18-16(12-14)15-8-4-5-9-17(15)19(18)13-6-2-1-3-7-13;1-3-7-11(8-4-1)12-9-5-2-6-10-12/h1-12H;1-10H. The largest absolute Gasteiger partial charge is 0.309 e. The monoisotopic (exact) mass is 443 g/mol. The van der Waals surface area contributed by atoms with Gasteiger partial charge in [0.25, 0.3) is 0 Å². The van der Waals surface area contributed by atoms with E-state index in [9.17, 15) is 4.57 Å². The molecule has 0 spiro atoms. The van der Waals surface area contributed by atoms with Gasteiger partial charge in [-0.1, -0.05) is 97.1 Å². The molecule has 0 N–H and O–H groups in total. The molecule has 0 saturated carbocycles. The Balaban J connectivity index is 0.000000162. The van der Waals surface area contributed by atoms with Crippen molar-refractivity contribution in [1.29, 1.82) is 0 Å². The fraction of sp³-hybridized carbons (Fsp3) is 0. The summed E-state index contributed by atoms with van der Waals surface area (Å²) in [6.07, 6.45) is 0. The zero-order valence-electron chi connectivity index (χ0n) is 18.0. The summed E-state index contributed by atoms with van der Waals surface area (Å²) in [5, 5.41) is 3.12. The van der Waals surface area contributed by atoms with E-state index in [2.05, 4.69) is 77.4 Å². The van der Waals surface area contributed by atoms with Crippen LogP contribution >= 0.6 is 8.46 Å². The fourth-order valence-corrected chi connectivity index (χ4v) is 4.45. The van der Waals surface area contributed by atoms with Crippen LogP contribution < -0.4 is 5.30 Å². The van der Waals surface area contributed by atoms with E-state index < -0.39 is 0 Å². The first-order valence-electron chi connectivity index (χ1n) is 10.9. The Bertz CT molecular complexity index is 1470. The Morgan fingerprint density at radius 3 is 1.61 bits per heavy atom. The number of para-hydroxylation sites is 2. The molecular weight excluding hydrogens is 421 g/mol. The van der Waals surface area contributed by atoms with Gasteiger partial charge < -0.3 is 4.57 Å². The Kier molecular flexibility index (Phi) is 6.10. The maximum absolute atomic E-state index is 11.2. The van der Waals surface area contributed by atoms with E-state index >= 15 is 0 Å². The molecule has 5 aromatic carbocycles. The Hall–Kier alpha value is -4.00. The van der Waals surface area contributed by atoms with E-state index in [1.54, 1.807) is 0 Å². The van der Waals surface area contributed by atoms with Crippen LogP contribution in [0.1, 0.15) is 0 Å². The maximum Gasteiger partial charge on any atom is 0.192 e. The number of rotatable bonds is 3. The van der Waals surface area contributed by atoms with Crippen LogP contribution in [0.2, 0.25) is 0 Å². The van der Waals surface area contributed by atoms with Crippen LogP contribution in [0.4, 0.5) is 0 Å². The molecule has 0 aliphatic rings. The fourth-order valence-electron chi connectivity index (χ4n) is 4.13. The molecule has 6 aromatic rings. The molecule has 1 heterocycles. The average molecular weight is 443 g/mol. The van der Waals surface area contributed by atoms with Crippen molar-refractivity contribution in [3.63, 3.8) is 0 Å². The second-order valence-corrected chi connectivity index (χ2v) is 8.41. The molecule has 0 unspecified atom stereocenters. The number of fused-ring (bicyclic) bond motifs is 3. The molecule has 158 valence electrons. The zero-order chi connectivity index (χ0) is 22.5. The lowest BCUT2D eigenvalue weighted by molar-refractivity contribution is 0.603. The van der Waals surface area contributed by atoms with Gasteiger partial charge in [-0.25, -0.2) is 0 Å². The molecule has 6 rings (SSSR count). The first-order chi connectivity index (χ1) is 16.3. The summed E-state index contributed by atoms with van der Waals surface area (Å²) in [6, 6.07) is 45.4. The van der Waals surface area contributed by atoms with Gasteiger partial charge in [0.2, 0.25) is 0 Å². The molecule has 0 bridgehead atoms. The predicted molar refractivity (Wildman–Crippen MR) is 140 cm³/mol. The van der Waals surface area contributed by atoms with Gasteiger partial charge >= 0.3 is 0 Å². The summed E-state index contributed by atoms with van der Waals surface area (Å²) in [4.78, 5) is 0. The second-order valence-electron chi connectivity index (χ2n) is 7.71. The minimum Gasteiger partial charge on any atom is -0.309 e. The molecular formula is C30H22NOP. The summed E-state index contributed by atoms with van der Waals surface area (Å²) in [5.74, 6) is 0. The van der Waals surface area contributed by atoms with Crippen molar-refractivity contribution in [2.75, 3.05) is 0 Å². The van der Waals surface area contributed by atoms with Gasteiger partial charge in [0.05, 0.1) is 11.0 Å². The summed E-state index contributed by atoms with van der Waals surface area (Å²) < 4.78 is 13.4. The molecule has 0 aliphatic heterocycles. The van der Waals surface area contributed by atoms with Crippen molar-refractivity contribution in [3.05, 3.63) is 133 Å². The normalized spacial score (nSPS) is 10.8. The van der Waals surface area contributed by atoms with Gasteiger partial charge in [0, 0.05) is 21.8 Å². The molecule has 0 fully saturated rings. The van der Waals surface area contributed by atoms with Crippen LogP contribution in [0.25, 0.3) is 38.6 Å². The molecule has 0 aliphatic carbocycles. The Morgan fingerprint density at radius 1 is 0.485 bits per heavy atom. The third kappa shape index (κ3) is 4.35. The number of hydrogen-bond acceptors (Lipinski definition) is 1. The zero-order valence-corrected chi connectivity index (χ0v) is 18.9. The summed E-state index contributed by atoms with van der Waals surface area (Å²) in [6.45, 7) is 0. The molecule has 0 saturated heterocycles. The summed E-state index contributed by atoms with van der Waals surface area (Å²) >= 11 is 0. The van der Waals surface area contributed by atoms with Crippen LogP contribution in [0.3, 0.4) is 0 Å². The third-order valence-electron chi connectivity index (χ3n) is 5.66. The van der Waals surface area contributed by atoms with Crippen LogP contribution in [0.15, 0.2) is 133 Å². The van der Waals surface area contributed by atoms with Gasteiger partial charge in [-0.15, -0.1) is 0 Å². The number of nitrogens with zero attached hydrogens (tertiary/aromatic N) is 1. The lowest BCUT2D eigenvalue weighted by atomic mass is 10.1. The van der Waals surface area contributed by atoms with E-state index in [1.165, 1.54) is 22.0 Å². The van der Waals surface area contributed by atoms with Gasteiger partial charge in [-0.05, 0) is 47.5 Å². The van der Waals surface area contributed by atoms with E-state index in [-0.39, 0.29) is 8.46 Å². The molecule has 2 nitrogen and oxygen atoms in total. The summed E-state index contributed by atoms with van der Waals surface area (Å²) in [5.41, 5.74) is 5.99. The average Bonchev–Trinajstić information content (AvgIpc) is 3.24. The van der Waals surface area contributed by atoms with E-state index in [0.29, 0.717) is 0 Å². The van der Waals surface area contributed by atoms with Crippen molar-refractivity contribution in [2.45, 2.75) is 0 Å². The number of aromatic nitrogens is 1. The van der Waals surface area contributed by atoms with E-state index in [4.69, 9.17) is 0 Å². The minimum atomic E-state index is 0.0595. The molecule has 0 atom stereocenters. The SMILES string of the molecule is O=Pc1ccc2c(c1)c1ccccc1n2-c1ccccc1.c1ccc(-c2ccccc2)cc1. The van der Waals surface area contributed by atoms with Crippen molar-refractivity contribution in [3.8, 4) is 16.8 Å². The lowest BCUT2D eigenvalue weighted by Gasteiger charge is -2.07. The smallest absolute Gasteiger partial charge is 0.192 e.